The molecule has 0 aromatic rings. The van der Waals surface area contributed by atoms with Crippen LogP contribution in [0.2, 0.25) is 11.0 Å². The Labute approximate surface area is 79.7 Å². The summed E-state index contributed by atoms with van der Waals surface area (Å²) >= 11 is 0. The van der Waals surface area contributed by atoms with Gasteiger partial charge >= 0.3 is 5.97 Å². The van der Waals surface area contributed by atoms with Gasteiger partial charge in [-0.2, -0.15) is 0 Å². The van der Waals surface area contributed by atoms with E-state index in [9.17, 15) is 4.79 Å². The van der Waals surface area contributed by atoms with Crippen molar-refractivity contribution in [1.82, 2.24) is 5.32 Å². The molecule has 13 heavy (non-hydrogen) atoms. The molecule has 1 spiro atoms. The number of rotatable bonds is 2. The van der Waals surface area contributed by atoms with Gasteiger partial charge in [-0.05, 0) is 18.2 Å². The van der Waals surface area contributed by atoms with Crippen LogP contribution in [0.4, 0.5) is 0 Å². The zero-order valence-corrected chi connectivity index (χ0v) is 7.49. The summed E-state index contributed by atoms with van der Waals surface area (Å²) in [5.41, 5.74) is 0.466. The maximum atomic E-state index is 11.4. The summed E-state index contributed by atoms with van der Waals surface area (Å²) in [4.78, 5) is 11.4. The summed E-state index contributed by atoms with van der Waals surface area (Å²) in [6.45, 7) is 2.51. The SMILES string of the molecule is [B]B1C2[B]C23C1NC3C(=O)OCC. The van der Waals surface area contributed by atoms with Gasteiger partial charge in [-0.15, -0.1) is 0 Å². The highest BCUT2D eigenvalue weighted by Gasteiger charge is 2.82. The maximum absolute atomic E-state index is 11.4. The van der Waals surface area contributed by atoms with E-state index in [4.69, 9.17) is 12.5 Å². The lowest BCUT2D eigenvalue weighted by Crippen LogP contribution is -2.75. The molecule has 4 atom stereocenters. The van der Waals surface area contributed by atoms with E-state index in [1.54, 1.807) is 0 Å². The van der Waals surface area contributed by atoms with E-state index in [-0.39, 0.29) is 23.9 Å². The fourth-order valence-corrected chi connectivity index (χ4v) is 2.89. The molecule has 3 saturated heterocycles. The van der Waals surface area contributed by atoms with Crippen molar-refractivity contribution in [2.45, 2.75) is 29.9 Å². The Kier molecular flexibility index (Phi) is 1.33. The Hall–Kier alpha value is -0.375. The maximum Gasteiger partial charge on any atom is 0.322 e. The van der Waals surface area contributed by atoms with Crippen molar-refractivity contribution in [1.29, 1.82) is 0 Å². The van der Waals surface area contributed by atoms with Gasteiger partial charge in [0.25, 0.3) is 0 Å². The fourth-order valence-electron chi connectivity index (χ4n) is 2.89. The van der Waals surface area contributed by atoms with Crippen LogP contribution in [0.25, 0.3) is 0 Å². The van der Waals surface area contributed by atoms with Crippen molar-refractivity contribution >= 4 is 27.6 Å². The molecule has 3 aliphatic heterocycles. The first-order chi connectivity index (χ1) is 6.21. The minimum atomic E-state index is -0.121. The molecule has 6 heteroatoms. The molecule has 3 heterocycles. The monoisotopic (exact) mass is 172 g/mol. The van der Waals surface area contributed by atoms with E-state index < -0.39 is 0 Å². The summed E-state index contributed by atoms with van der Waals surface area (Å²) in [6, 6.07) is -0.109. The number of carbonyl (C=O) groups excluding carboxylic acids is 1. The molecule has 4 unspecified atom stereocenters. The molecule has 0 saturated carbocycles. The Balaban J connectivity index is 1.69. The van der Waals surface area contributed by atoms with Crippen LogP contribution in [-0.2, 0) is 9.53 Å². The molecule has 3 aliphatic rings. The van der Waals surface area contributed by atoms with Gasteiger partial charge in [-0.3, -0.25) is 4.79 Å². The minimum absolute atomic E-state index is 0.103. The second-order valence-electron chi connectivity index (χ2n) is 4.10. The number of hydrogen-bond donors (Lipinski definition) is 1. The lowest BCUT2D eigenvalue weighted by molar-refractivity contribution is -0.149. The Morgan fingerprint density at radius 2 is 2.62 bits per heavy atom. The average Bonchev–Trinajstić information content (AvgIpc) is 2.77. The molecule has 63 valence electrons. The van der Waals surface area contributed by atoms with Gasteiger partial charge < -0.3 is 10.1 Å². The van der Waals surface area contributed by atoms with Gasteiger partial charge in [0.15, 0.2) is 0 Å². The number of carbonyl (C=O) groups is 1. The first kappa shape index (κ1) is 7.98. The number of ether oxygens (including phenoxy) is 1. The summed E-state index contributed by atoms with van der Waals surface area (Å²) in [7, 11) is 8.03. The van der Waals surface area contributed by atoms with Crippen LogP contribution in [0.5, 0.6) is 0 Å². The van der Waals surface area contributed by atoms with Gasteiger partial charge in [0.1, 0.15) is 19.9 Å². The van der Waals surface area contributed by atoms with Gasteiger partial charge in [0.05, 0.1) is 6.61 Å². The first-order valence-corrected chi connectivity index (χ1v) is 4.76. The van der Waals surface area contributed by atoms with Crippen LogP contribution in [0.15, 0.2) is 0 Å². The molecule has 3 rings (SSSR count). The topological polar surface area (TPSA) is 38.3 Å². The lowest BCUT2D eigenvalue weighted by Gasteiger charge is -2.58. The molecule has 3 nitrogen and oxygen atoms in total. The molecular weight excluding hydrogens is 163 g/mol. The van der Waals surface area contributed by atoms with Crippen LogP contribution in [0.1, 0.15) is 6.92 Å². The zero-order valence-electron chi connectivity index (χ0n) is 7.49. The molecule has 0 aliphatic carbocycles. The van der Waals surface area contributed by atoms with Crippen molar-refractivity contribution in [3.05, 3.63) is 0 Å². The van der Waals surface area contributed by atoms with Crippen molar-refractivity contribution in [2.75, 3.05) is 6.61 Å². The number of nitrogens with one attached hydrogen (secondary N) is 1. The Morgan fingerprint density at radius 3 is 3.15 bits per heavy atom. The van der Waals surface area contributed by atoms with E-state index in [0.717, 1.165) is 0 Å². The Morgan fingerprint density at radius 1 is 1.85 bits per heavy atom. The summed E-state index contributed by atoms with van der Waals surface area (Å²) in [6.07, 6.45) is 0. The average molecular weight is 172 g/mol. The van der Waals surface area contributed by atoms with E-state index >= 15 is 0 Å². The third-order valence-electron chi connectivity index (χ3n) is 3.64. The van der Waals surface area contributed by atoms with Crippen molar-refractivity contribution in [2.24, 2.45) is 0 Å². The standard InChI is InChI=1S/C7H9B3NO2/c1-2-13-4(12)3-7-5(9-7)10(8)6(7)11-3/h3,5-6,11H,2H2,1H3. The van der Waals surface area contributed by atoms with Crippen LogP contribution in [-0.4, -0.2) is 46.2 Å². The van der Waals surface area contributed by atoms with E-state index in [1.165, 1.54) is 0 Å². The van der Waals surface area contributed by atoms with Crippen LogP contribution >= 0.6 is 0 Å². The molecule has 1 N–H and O–H groups in total. The first-order valence-electron chi connectivity index (χ1n) is 4.76. The highest BCUT2D eigenvalue weighted by atomic mass is 16.5. The molecular formula is C7H9B3NO2. The second kappa shape index (κ2) is 2.16. The number of hydrogen-bond acceptors (Lipinski definition) is 3. The quantitative estimate of drug-likeness (QED) is 0.419. The third-order valence-corrected chi connectivity index (χ3v) is 3.64. The van der Waals surface area contributed by atoms with Crippen LogP contribution in [0.3, 0.4) is 0 Å². The van der Waals surface area contributed by atoms with Gasteiger partial charge in [-0.25, -0.2) is 0 Å². The predicted molar refractivity (Wildman–Crippen MR) is 51.0 cm³/mol. The van der Waals surface area contributed by atoms with Crippen LogP contribution < -0.4 is 5.32 Å². The summed E-state index contributed by atoms with van der Waals surface area (Å²) < 4.78 is 4.96. The Bertz CT molecular complexity index is 287. The number of esters is 1. The molecule has 3 radical (unpaired) electrons. The van der Waals surface area contributed by atoms with Gasteiger partial charge in [-0.1, -0.05) is 5.72 Å². The van der Waals surface area contributed by atoms with E-state index in [0.29, 0.717) is 18.3 Å². The fraction of sp³-hybridized carbons (Fsp3) is 0.857. The predicted octanol–water partition coefficient (Wildman–Crippen LogP) is -1.19. The highest BCUT2D eigenvalue weighted by molar-refractivity contribution is 7.17. The summed E-state index contributed by atoms with van der Waals surface area (Å²) in [5, 5.41) is 3.27. The second-order valence-corrected chi connectivity index (χ2v) is 4.10. The normalized spacial score (nSPS) is 49.0. The minimum Gasteiger partial charge on any atom is -0.465 e. The molecule has 0 aromatic heterocycles. The molecule has 0 bridgehead atoms. The molecule has 3 fully saturated rings. The van der Waals surface area contributed by atoms with Crippen molar-refractivity contribution in [3.63, 3.8) is 0 Å². The third kappa shape index (κ3) is 0.686. The van der Waals surface area contributed by atoms with Crippen molar-refractivity contribution < 1.29 is 9.53 Å². The van der Waals surface area contributed by atoms with Crippen LogP contribution in [0, 0.1) is 0 Å². The largest absolute Gasteiger partial charge is 0.465 e. The van der Waals surface area contributed by atoms with Crippen molar-refractivity contribution in [3.8, 4) is 0 Å². The zero-order chi connectivity index (χ0) is 9.22. The van der Waals surface area contributed by atoms with Gasteiger partial charge in [0, 0.05) is 7.74 Å². The van der Waals surface area contributed by atoms with E-state index in [1.807, 2.05) is 6.92 Å². The smallest absolute Gasteiger partial charge is 0.322 e. The lowest BCUT2D eigenvalue weighted by atomic mass is 9.14. The van der Waals surface area contributed by atoms with E-state index in [2.05, 4.69) is 12.6 Å². The van der Waals surface area contributed by atoms with Gasteiger partial charge in [0.2, 0.25) is 0 Å². The summed E-state index contributed by atoms with van der Waals surface area (Å²) in [5.74, 6) is 0.219. The molecule has 0 amide bonds. The molecule has 0 aromatic carbocycles. The highest BCUT2D eigenvalue weighted by Crippen LogP contribution is 2.76.